The normalized spacial score (nSPS) is 18.7. The molecule has 142 valence electrons. The van der Waals surface area contributed by atoms with Crippen molar-refractivity contribution in [1.82, 2.24) is 19.7 Å². The van der Waals surface area contributed by atoms with Crippen molar-refractivity contribution in [3.05, 3.63) is 46.5 Å². The molecule has 2 atom stereocenters. The van der Waals surface area contributed by atoms with Crippen molar-refractivity contribution in [2.24, 2.45) is 13.0 Å². The molecule has 9 heteroatoms. The molecule has 1 saturated heterocycles. The van der Waals surface area contributed by atoms with E-state index in [2.05, 4.69) is 15.1 Å². The van der Waals surface area contributed by atoms with E-state index in [0.29, 0.717) is 39.8 Å². The average Bonchev–Trinajstić information content (AvgIpc) is 3.30. The number of hydrogen-bond acceptors (Lipinski definition) is 6. The van der Waals surface area contributed by atoms with Gasteiger partial charge in [0.05, 0.1) is 0 Å². The number of hydrogen-bond donors (Lipinski definition) is 1. The Labute approximate surface area is 166 Å². The Morgan fingerprint density at radius 2 is 2.04 bits per heavy atom. The van der Waals surface area contributed by atoms with E-state index in [0.717, 1.165) is 19.4 Å². The van der Waals surface area contributed by atoms with Crippen molar-refractivity contribution >= 4 is 29.2 Å². The fraction of sp³-hybridized carbons (Fsp3) is 0.389. The van der Waals surface area contributed by atoms with E-state index in [4.69, 9.17) is 27.7 Å². The van der Waals surface area contributed by atoms with E-state index in [1.54, 1.807) is 24.4 Å². The molecule has 27 heavy (non-hydrogen) atoms. The van der Waals surface area contributed by atoms with E-state index >= 15 is 0 Å². The molecule has 2 unspecified atom stereocenters. The molecule has 1 aliphatic heterocycles. The Morgan fingerprint density at radius 3 is 2.74 bits per heavy atom. The summed E-state index contributed by atoms with van der Waals surface area (Å²) in [6.07, 6.45) is 4.73. The second-order valence-electron chi connectivity index (χ2n) is 6.75. The molecular formula is C18H19Cl2N5O2. The van der Waals surface area contributed by atoms with Gasteiger partial charge in [0.2, 0.25) is 5.82 Å². The second kappa shape index (κ2) is 7.50. The van der Waals surface area contributed by atoms with E-state index in [1.807, 2.05) is 22.7 Å². The number of halogens is 2. The van der Waals surface area contributed by atoms with Crippen LogP contribution in [0.25, 0.3) is 11.4 Å². The number of benzene rings is 1. The van der Waals surface area contributed by atoms with Crippen LogP contribution in [0, 0.1) is 5.92 Å². The van der Waals surface area contributed by atoms with Crippen molar-refractivity contribution in [2.45, 2.75) is 18.9 Å². The number of nitrogens with zero attached hydrogens (tertiary/aromatic N) is 5. The average molecular weight is 408 g/mol. The summed E-state index contributed by atoms with van der Waals surface area (Å²) in [7, 11) is 1.88. The molecule has 0 spiro atoms. The van der Waals surface area contributed by atoms with Crippen LogP contribution < -0.4 is 4.90 Å². The van der Waals surface area contributed by atoms with Crippen LogP contribution in [0.5, 0.6) is 0 Å². The third-order valence-corrected chi connectivity index (χ3v) is 5.27. The van der Waals surface area contributed by atoms with Crippen molar-refractivity contribution in [1.29, 1.82) is 0 Å². The zero-order valence-corrected chi connectivity index (χ0v) is 16.2. The Kier molecular flexibility index (Phi) is 5.08. The summed E-state index contributed by atoms with van der Waals surface area (Å²) in [6.45, 7) is 1.41. The van der Waals surface area contributed by atoms with Gasteiger partial charge >= 0.3 is 6.01 Å². The molecule has 0 saturated carbocycles. The predicted octanol–water partition coefficient (Wildman–Crippen LogP) is 3.73. The lowest BCUT2D eigenvalue weighted by Crippen LogP contribution is -2.38. The minimum absolute atomic E-state index is 0.0378. The maximum absolute atomic E-state index is 10.7. The van der Waals surface area contributed by atoms with Crippen molar-refractivity contribution in [3.63, 3.8) is 0 Å². The third-order valence-electron chi connectivity index (χ3n) is 4.83. The molecule has 3 aromatic rings. The van der Waals surface area contributed by atoms with Gasteiger partial charge < -0.3 is 19.1 Å². The Bertz CT molecular complexity index is 921. The Hall–Kier alpha value is -2.09. The lowest BCUT2D eigenvalue weighted by molar-refractivity contribution is 0.0864. The molecule has 1 aliphatic rings. The molecule has 0 amide bonds. The summed E-state index contributed by atoms with van der Waals surface area (Å²) in [5.74, 6) is 1.14. The Balaban J connectivity index is 1.52. The third kappa shape index (κ3) is 3.81. The highest BCUT2D eigenvalue weighted by Gasteiger charge is 2.31. The van der Waals surface area contributed by atoms with Gasteiger partial charge in [-0.1, -0.05) is 28.4 Å². The van der Waals surface area contributed by atoms with E-state index in [9.17, 15) is 5.11 Å². The molecule has 4 rings (SSSR count). The first kappa shape index (κ1) is 18.3. The molecule has 1 N–H and O–H groups in total. The molecule has 1 fully saturated rings. The molecule has 0 radical (unpaired) electrons. The quantitative estimate of drug-likeness (QED) is 0.709. The highest BCUT2D eigenvalue weighted by molar-refractivity contribution is 6.35. The van der Waals surface area contributed by atoms with Gasteiger partial charge in [0.15, 0.2) is 0 Å². The largest absolute Gasteiger partial charge is 0.385 e. The topological polar surface area (TPSA) is 80.2 Å². The highest BCUT2D eigenvalue weighted by Crippen LogP contribution is 2.32. The van der Waals surface area contributed by atoms with Crippen LogP contribution in [0.4, 0.5) is 6.01 Å². The molecule has 7 nitrogen and oxygen atoms in total. The number of aromatic nitrogens is 4. The summed E-state index contributed by atoms with van der Waals surface area (Å²) in [5, 5.41) is 15.8. The van der Waals surface area contributed by atoms with Crippen LogP contribution in [0.15, 0.2) is 35.1 Å². The number of anilines is 1. The van der Waals surface area contributed by atoms with Gasteiger partial charge in [-0.05, 0) is 31.0 Å². The van der Waals surface area contributed by atoms with Gasteiger partial charge in [0.1, 0.15) is 11.9 Å². The van der Waals surface area contributed by atoms with Crippen LogP contribution >= 0.6 is 23.2 Å². The second-order valence-corrected chi connectivity index (χ2v) is 7.62. The van der Waals surface area contributed by atoms with Crippen LogP contribution in [0.1, 0.15) is 24.8 Å². The number of aryl methyl sites for hydroxylation is 1. The van der Waals surface area contributed by atoms with Gasteiger partial charge in [-0.25, -0.2) is 4.98 Å². The van der Waals surface area contributed by atoms with Crippen molar-refractivity contribution < 1.29 is 9.63 Å². The number of aliphatic hydroxyl groups is 1. The Morgan fingerprint density at radius 1 is 1.26 bits per heavy atom. The number of imidazole rings is 1. The highest BCUT2D eigenvalue weighted by atomic mass is 35.5. The molecule has 1 aromatic carbocycles. The van der Waals surface area contributed by atoms with Crippen LogP contribution in [0.3, 0.4) is 0 Å². The molecule has 3 heterocycles. The first-order valence-corrected chi connectivity index (χ1v) is 9.47. The fourth-order valence-electron chi connectivity index (χ4n) is 3.46. The maximum Gasteiger partial charge on any atom is 0.324 e. The van der Waals surface area contributed by atoms with Crippen molar-refractivity contribution in [2.75, 3.05) is 18.0 Å². The van der Waals surface area contributed by atoms with Crippen LogP contribution in [-0.2, 0) is 7.05 Å². The zero-order valence-electron chi connectivity index (χ0n) is 14.7. The number of aliphatic hydroxyl groups excluding tert-OH is 1. The molecule has 0 bridgehead atoms. The first-order valence-electron chi connectivity index (χ1n) is 8.71. The smallest absolute Gasteiger partial charge is 0.324 e. The maximum atomic E-state index is 10.7. The van der Waals surface area contributed by atoms with E-state index < -0.39 is 6.10 Å². The van der Waals surface area contributed by atoms with Gasteiger partial charge in [-0.2, -0.15) is 4.98 Å². The number of rotatable bonds is 4. The predicted molar refractivity (Wildman–Crippen MR) is 103 cm³/mol. The molecule has 2 aromatic heterocycles. The summed E-state index contributed by atoms with van der Waals surface area (Å²) >= 11 is 12.1. The van der Waals surface area contributed by atoms with E-state index in [1.165, 1.54) is 0 Å². The lowest BCUT2D eigenvalue weighted by Gasteiger charge is -2.33. The summed E-state index contributed by atoms with van der Waals surface area (Å²) in [6, 6.07) is 5.57. The van der Waals surface area contributed by atoms with E-state index in [-0.39, 0.29) is 5.92 Å². The van der Waals surface area contributed by atoms with Gasteiger partial charge in [-0.3, -0.25) is 0 Å². The van der Waals surface area contributed by atoms with Gasteiger partial charge in [0.25, 0.3) is 0 Å². The minimum atomic E-state index is -0.637. The standard InChI is InChI=1S/C18H19Cl2N5O2/c1-24-6-4-21-17(24)15(26)11-3-2-5-25(10-11)18-22-16(23-27-18)12-7-13(19)9-14(20)8-12/h4,6-9,11,15,26H,2-3,5,10H2,1H3. The summed E-state index contributed by atoms with van der Waals surface area (Å²) in [4.78, 5) is 10.8. The van der Waals surface area contributed by atoms with Gasteiger partial charge in [0, 0.05) is 54.1 Å². The number of piperidine rings is 1. The SMILES string of the molecule is Cn1ccnc1C(O)C1CCCN(c2nc(-c3cc(Cl)cc(Cl)c3)no2)C1. The van der Waals surface area contributed by atoms with Crippen molar-refractivity contribution in [3.8, 4) is 11.4 Å². The van der Waals surface area contributed by atoms with Gasteiger partial charge in [-0.15, -0.1) is 0 Å². The summed E-state index contributed by atoms with van der Waals surface area (Å²) < 4.78 is 7.30. The molecular weight excluding hydrogens is 389 g/mol. The minimum Gasteiger partial charge on any atom is -0.385 e. The van der Waals surface area contributed by atoms with Crippen LogP contribution in [-0.4, -0.2) is 37.9 Å². The van der Waals surface area contributed by atoms with Crippen LogP contribution in [0.2, 0.25) is 10.0 Å². The lowest BCUT2D eigenvalue weighted by atomic mass is 9.92. The molecule has 0 aliphatic carbocycles. The first-order chi connectivity index (χ1) is 13.0. The summed E-state index contributed by atoms with van der Waals surface area (Å²) in [5.41, 5.74) is 0.698. The monoisotopic (exact) mass is 407 g/mol. The fourth-order valence-corrected chi connectivity index (χ4v) is 3.98. The zero-order chi connectivity index (χ0) is 19.0.